The predicted octanol–water partition coefficient (Wildman–Crippen LogP) is 3.57. The Morgan fingerprint density at radius 1 is 1.23 bits per heavy atom. The zero-order valence-electron chi connectivity index (χ0n) is 17.7. The second-order valence-electron chi connectivity index (χ2n) is 7.89. The van der Waals surface area contributed by atoms with E-state index < -0.39 is 24.6 Å². The van der Waals surface area contributed by atoms with Crippen LogP contribution in [-0.2, 0) is 4.79 Å². The van der Waals surface area contributed by atoms with Crippen LogP contribution in [0.3, 0.4) is 0 Å². The normalized spacial score (nSPS) is 13.9. The standard InChI is InChI=1S/C23H26FN3O4/c1-13(2)22-19(9-8-17(28)11-18(29)12-21(30)31)23(15-4-6-16(24)7-5-15)27-20(25-22)10-14(3)26-27/h4-10,13,17-18,28-29H,11-12H2,1-3H3,(H,30,31)/b9-8+. The summed E-state index contributed by atoms with van der Waals surface area (Å²) in [5.74, 6) is -1.43. The minimum Gasteiger partial charge on any atom is -0.481 e. The van der Waals surface area contributed by atoms with Gasteiger partial charge in [-0.25, -0.2) is 13.9 Å². The van der Waals surface area contributed by atoms with Crippen molar-refractivity contribution in [3.8, 4) is 11.3 Å². The highest BCUT2D eigenvalue weighted by atomic mass is 19.1. The molecule has 0 saturated carbocycles. The molecule has 2 atom stereocenters. The van der Waals surface area contributed by atoms with E-state index in [1.807, 2.05) is 26.8 Å². The fourth-order valence-electron chi connectivity index (χ4n) is 3.49. The molecule has 0 fully saturated rings. The number of nitrogens with zero attached hydrogens (tertiary/aromatic N) is 3. The SMILES string of the molecule is Cc1cc2nc(C(C)C)c(/C=C/C(O)CC(O)CC(=O)O)c(-c3ccc(F)cc3)n2n1. The maximum absolute atomic E-state index is 13.5. The van der Waals surface area contributed by atoms with E-state index in [2.05, 4.69) is 5.10 Å². The van der Waals surface area contributed by atoms with E-state index in [-0.39, 0.29) is 18.2 Å². The summed E-state index contributed by atoms with van der Waals surface area (Å²) in [6.07, 6.45) is 0.447. The van der Waals surface area contributed by atoms with Crippen LogP contribution in [0.1, 0.15) is 49.6 Å². The van der Waals surface area contributed by atoms with E-state index in [1.165, 1.54) is 18.2 Å². The van der Waals surface area contributed by atoms with Gasteiger partial charge in [0, 0.05) is 23.6 Å². The molecule has 0 bridgehead atoms. The van der Waals surface area contributed by atoms with Crippen LogP contribution in [0.4, 0.5) is 4.39 Å². The van der Waals surface area contributed by atoms with Crippen molar-refractivity contribution in [3.05, 3.63) is 59.2 Å². The molecule has 2 heterocycles. The van der Waals surface area contributed by atoms with E-state index in [4.69, 9.17) is 10.1 Å². The topological polar surface area (TPSA) is 108 Å². The maximum atomic E-state index is 13.5. The number of aliphatic hydroxyl groups is 2. The van der Waals surface area contributed by atoms with Gasteiger partial charge in [0.2, 0.25) is 0 Å². The van der Waals surface area contributed by atoms with Crippen LogP contribution in [-0.4, -0.2) is 48.1 Å². The largest absolute Gasteiger partial charge is 0.481 e. The average molecular weight is 427 g/mol. The van der Waals surface area contributed by atoms with E-state index in [0.717, 1.165) is 17.0 Å². The molecule has 0 spiro atoms. The number of carbonyl (C=O) groups is 1. The lowest BCUT2D eigenvalue weighted by Gasteiger charge is -2.17. The quantitative estimate of drug-likeness (QED) is 0.507. The van der Waals surface area contributed by atoms with Crippen LogP contribution >= 0.6 is 0 Å². The van der Waals surface area contributed by atoms with Crippen LogP contribution in [0, 0.1) is 12.7 Å². The third-order valence-corrected chi connectivity index (χ3v) is 4.86. The zero-order valence-corrected chi connectivity index (χ0v) is 17.7. The molecule has 0 saturated heterocycles. The fourth-order valence-corrected chi connectivity index (χ4v) is 3.49. The van der Waals surface area contributed by atoms with Crippen molar-refractivity contribution in [2.24, 2.45) is 0 Å². The van der Waals surface area contributed by atoms with Crippen LogP contribution in [0.2, 0.25) is 0 Å². The number of aryl methyl sites for hydroxylation is 1. The van der Waals surface area contributed by atoms with Crippen molar-refractivity contribution in [1.82, 2.24) is 14.6 Å². The van der Waals surface area contributed by atoms with Gasteiger partial charge in [-0.15, -0.1) is 0 Å². The van der Waals surface area contributed by atoms with Crippen molar-refractivity contribution in [1.29, 1.82) is 0 Å². The summed E-state index contributed by atoms with van der Waals surface area (Å²) >= 11 is 0. The van der Waals surface area contributed by atoms with E-state index in [1.54, 1.807) is 22.7 Å². The Morgan fingerprint density at radius 3 is 2.52 bits per heavy atom. The molecule has 1 aromatic carbocycles. The molecular weight excluding hydrogens is 401 g/mol. The van der Waals surface area contributed by atoms with E-state index in [0.29, 0.717) is 16.9 Å². The number of halogens is 1. The molecule has 7 nitrogen and oxygen atoms in total. The number of fused-ring (bicyclic) bond motifs is 1. The van der Waals surface area contributed by atoms with Gasteiger partial charge in [-0.2, -0.15) is 5.10 Å². The number of carboxylic acid groups (broad SMARTS) is 1. The summed E-state index contributed by atoms with van der Waals surface area (Å²) in [7, 11) is 0. The lowest BCUT2D eigenvalue weighted by atomic mass is 9.97. The molecule has 0 amide bonds. The van der Waals surface area contributed by atoms with Gasteiger partial charge in [-0.05, 0) is 37.1 Å². The van der Waals surface area contributed by atoms with Crippen molar-refractivity contribution >= 4 is 17.7 Å². The molecule has 3 rings (SSSR count). The first-order valence-electron chi connectivity index (χ1n) is 10.1. The molecule has 164 valence electrons. The Labute approximate surface area is 179 Å². The highest BCUT2D eigenvalue weighted by molar-refractivity contribution is 5.76. The Bertz CT molecular complexity index is 1110. The Morgan fingerprint density at radius 2 is 1.90 bits per heavy atom. The minimum atomic E-state index is -1.16. The first-order valence-corrected chi connectivity index (χ1v) is 10.1. The van der Waals surface area contributed by atoms with Gasteiger partial charge in [0.25, 0.3) is 0 Å². The number of aromatic nitrogens is 3. The molecule has 2 aromatic heterocycles. The lowest BCUT2D eigenvalue weighted by molar-refractivity contribution is -0.139. The summed E-state index contributed by atoms with van der Waals surface area (Å²) in [5, 5.41) is 33.4. The van der Waals surface area contributed by atoms with Gasteiger partial charge in [0.15, 0.2) is 5.65 Å². The fraction of sp³-hybridized carbons (Fsp3) is 0.348. The van der Waals surface area contributed by atoms with Gasteiger partial charge < -0.3 is 15.3 Å². The van der Waals surface area contributed by atoms with Crippen LogP contribution < -0.4 is 0 Å². The Balaban J connectivity index is 2.12. The molecule has 31 heavy (non-hydrogen) atoms. The average Bonchev–Trinajstić information content (AvgIpc) is 3.05. The van der Waals surface area contributed by atoms with Crippen molar-refractivity contribution in [2.45, 2.75) is 51.7 Å². The number of carboxylic acids is 1. The molecule has 2 unspecified atom stereocenters. The molecule has 3 aromatic rings. The predicted molar refractivity (Wildman–Crippen MR) is 115 cm³/mol. The maximum Gasteiger partial charge on any atom is 0.305 e. The first-order chi connectivity index (χ1) is 14.7. The number of hydrogen-bond acceptors (Lipinski definition) is 5. The second kappa shape index (κ2) is 9.36. The van der Waals surface area contributed by atoms with Crippen molar-refractivity contribution in [2.75, 3.05) is 0 Å². The second-order valence-corrected chi connectivity index (χ2v) is 7.89. The third-order valence-electron chi connectivity index (χ3n) is 4.86. The van der Waals surface area contributed by atoms with Crippen LogP contribution in [0.5, 0.6) is 0 Å². The van der Waals surface area contributed by atoms with Crippen LogP contribution in [0.25, 0.3) is 23.0 Å². The monoisotopic (exact) mass is 427 g/mol. The lowest BCUT2D eigenvalue weighted by Crippen LogP contribution is -2.19. The van der Waals surface area contributed by atoms with Gasteiger partial charge in [-0.3, -0.25) is 4.79 Å². The number of hydrogen-bond donors (Lipinski definition) is 3. The van der Waals surface area contributed by atoms with E-state index in [9.17, 15) is 19.4 Å². The number of rotatable bonds is 8. The summed E-state index contributed by atoms with van der Waals surface area (Å²) in [5.41, 5.74) is 4.37. The summed E-state index contributed by atoms with van der Waals surface area (Å²) < 4.78 is 15.2. The zero-order chi connectivity index (χ0) is 22.7. The first kappa shape index (κ1) is 22.6. The van der Waals surface area contributed by atoms with Gasteiger partial charge in [-0.1, -0.05) is 26.0 Å². The summed E-state index contributed by atoms with van der Waals surface area (Å²) in [6, 6.07) is 7.93. The molecule has 0 aliphatic rings. The third kappa shape index (κ3) is 5.34. The molecule has 0 radical (unpaired) electrons. The molecule has 8 heteroatoms. The number of benzene rings is 1. The van der Waals surface area contributed by atoms with Gasteiger partial charge in [0.1, 0.15) is 5.82 Å². The van der Waals surface area contributed by atoms with Gasteiger partial charge in [0.05, 0.1) is 35.7 Å². The molecule has 0 aliphatic heterocycles. The molecule has 3 N–H and O–H groups in total. The summed E-state index contributed by atoms with van der Waals surface area (Å²) in [6.45, 7) is 5.86. The number of aliphatic hydroxyl groups excluding tert-OH is 2. The van der Waals surface area contributed by atoms with E-state index >= 15 is 0 Å². The number of aliphatic carboxylic acids is 1. The summed E-state index contributed by atoms with van der Waals surface area (Å²) in [4.78, 5) is 15.5. The Hall–Kier alpha value is -3.10. The van der Waals surface area contributed by atoms with Crippen molar-refractivity contribution < 1.29 is 24.5 Å². The van der Waals surface area contributed by atoms with Crippen molar-refractivity contribution in [3.63, 3.8) is 0 Å². The van der Waals surface area contributed by atoms with Gasteiger partial charge >= 0.3 is 5.97 Å². The Kier molecular flexibility index (Phi) is 6.82. The molecule has 0 aliphatic carbocycles. The highest BCUT2D eigenvalue weighted by Crippen LogP contribution is 2.32. The molecular formula is C23H26FN3O4. The van der Waals surface area contributed by atoms with Crippen LogP contribution in [0.15, 0.2) is 36.4 Å². The smallest absolute Gasteiger partial charge is 0.305 e. The minimum absolute atomic E-state index is 0.0498. The highest BCUT2D eigenvalue weighted by Gasteiger charge is 2.20.